The number of nitrogens with zero attached hydrogens (tertiary/aromatic N) is 2. The summed E-state index contributed by atoms with van der Waals surface area (Å²) in [6.07, 6.45) is -0.00132. The molecule has 0 saturated carbocycles. The molecule has 1 unspecified atom stereocenters. The number of carbonyl (C=O) groups is 1. The summed E-state index contributed by atoms with van der Waals surface area (Å²) in [6, 6.07) is 10.7. The largest absolute Gasteiger partial charge is 0.480 e. The summed E-state index contributed by atoms with van der Waals surface area (Å²) in [5.74, 6) is -0.958. The van der Waals surface area contributed by atoms with E-state index < -0.39 is 12.0 Å². The predicted octanol–water partition coefficient (Wildman–Crippen LogP) is 1.49. The van der Waals surface area contributed by atoms with E-state index in [1.807, 2.05) is 36.4 Å². The Bertz CT molecular complexity index is 384. The number of carboxylic acid groups (broad SMARTS) is 1. The quantitative estimate of drug-likeness (QED) is 0.813. The monoisotopic (exact) mass is 218 g/mol. The number of rotatable bonds is 5. The van der Waals surface area contributed by atoms with Gasteiger partial charge in [0.1, 0.15) is 6.04 Å². The number of carboxylic acids is 1. The summed E-state index contributed by atoms with van der Waals surface area (Å²) in [4.78, 5) is 12.6. The van der Waals surface area contributed by atoms with Gasteiger partial charge in [0.2, 0.25) is 0 Å². The van der Waals surface area contributed by atoms with E-state index in [9.17, 15) is 4.79 Å². The SMILES string of the molecule is CN(Cc1ccccc1)C(CC#N)C(=O)O. The van der Waals surface area contributed by atoms with Crippen LogP contribution in [0.2, 0.25) is 0 Å². The standard InChI is InChI=1S/C12H14N2O2/c1-14(11(7-8-13)12(15)16)9-10-5-3-2-4-6-10/h2-6,11H,7,9H2,1H3,(H,15,16). The second-order valence-corrected chi connectivity index (χ2v) is 3.62. The first kappa shape index (κ1) is 12.2. The van der Waals surface area contributed by atoms with Crippen molar-refractivity contribution in [2.75, 3.05) is 7.05 Å². The van der Waals surface area contributed by atoms with Crippen LogP contribution in [-0.4, -0.2) is 29.1 Å². The van der Waals surface area contributed by atoms with Crippen molar-refractivity contribution in [2.24, 2.45) is 0 Å². The zero-order valence-corrected chi connectivity index (χ0v) is 9.13. The molecular formula is C12H14N2O2. The average Bonchev–Trinajstić information content (AvgIpc) is 2.26. The molecule has 0 spiro atoms. The van der Waals surface area contributed by atoms with Gasteiger partial charge >= 0.3 is 5.97 Å². The van der Waals surface area contributed by atoms with Gasteiger partial charge in [-0.3, -0.25) is 9.69 Å². The van der Waals surface area contributed by atoms with Gasteiger partial charge in [-0.2, -0.15) is 5.26 Å². The summed E-state index contributed by atoms with van der Waals surface area (Å²) in [5.41, 5.74) is 1.04. The van der Waals surface area contributed by atoms with Crippen LogP contribution in [0.15, 0.2) is 30.3 Å². The van der Waals surface area contributed by atoms with Crippen LogP contribution < -0.4 is 0 Å². The lowest BCUT2D eigenvalue weighted by atomic mass is 10.1. The second kappa shape index (κ2) is 5.89. The summed E-state index contributed by atoms with van der Waals surface area (Å²) in [6.45, 7) is 0.527. The van der Waals surface area contributed by atoms with E-state index in [1.54, 1.807) is 11.9 Å². The molecule has 16 heavy (non-hydrogen) atoms. The van der Waals surface area contributed by atoms with Crippen LogP contribution in [0.25, 0.3) is 0 Å². The van der Waals surface area contributed by atoms with Gasteiger partial charge in [-0.05, 0) is 12.6 Å². The van der Waals surface area contributed by atoms with Gasteiger partial charge in [0, 0.05) is 6.54 Å². The van der Waals surface area contributed by atoms with E-state index in [4.69, 9.17) is 10.4 Å². The van der Waals surface area contributed by atoms with E-state index in [0.717, 1.165) is 5.56 Å². The van der Waals surface area contributed by atoms with E-state index in [2.05, 4.69) is 0 Å². The average molecular weight is 218 g/mol. The van der Waals surface area contributed by atoms with E-state index in [-0.39, 0.29) is 6.42 Å². The van der Waals surface area contributed by atoms with Crippen molar-refractivity contribution < 1.29 is 9.90 Å². The van der Waals surface area contributed by atoms with Gasteiger partial charge in [-0.1, -0.05) is 30.3 Å². The van der Waals surface area contributed by atoms with Crippen molar-refractivity contribution in [2.45, 2.75) is 19.0 Å². The molecule has 1 rings (SSSR count). The molecule has 84 valence electrons. The molecule has 4 nitrogen and oxygen atoms in total. The molecule has 0 fully saturated rings. The number of benzene rings is 1. The molecule has 0 aromatic heterocycles. The van der Waals surface area contributed by atoms with Crippen LogP contribution in [0.3, 0.4) is 0 Å². The minimum absolute atomic E-state index is 0.00132. The minimum atomic E-state index is -0.958. The van der Waals surface area contributed by atoms with Crippen LogP contribution >= 0.6 is 0 Å². The highest BCUT2D eigenvalue weighted by molar-refractivity contribution is 5.73. The fourth-order valence-electron chi connectivity index (χ4n) is 1.50. The van der Waals surface area contributed by atoms with Crippen molar-refractivity contribution >= 4 is 5.97 Å². The van der Waals surface area contributed by atoms with Crippen molar-refractivity contribution in [3.05, 3.63) is 35.9 Å². The lowest BCUT2D eigenvalue weighted by Gasteiger charge is -2.22. The highest BCUT2D eigenvalue weighted by Crippen LogP contribution is 2.08. The number of hydrogen-bond donors (Lipinski definition) is 1. The highest BCUT2D eigenvalue weighted by atomic mass is 16.4. The topological polar surface area (TPSA) is 64.3 Å². The Labute approximate surface area is 94.7 Å². The Kier molecular flexibility index (Phi) is 4.49. The predicted molar refractivity (Wildman–Crippen MR) is 59.6 cm³/mol. The maximum Gasteiger partial charge on any atom is 0.321 e. The Hall–Kier alpha value is -1.86. The minimum Gasteiger partial charge on any atom is -0.480 e. The van der Waals surface area contributed by atoms with Crippen LogP contribution in [0.1, 0.15) is 12.0 Å². The fourth-order valence-corrected chi connectivity index (χ4v) is 1.50. The lowest BCUT2D eigenvalue weighted by Crippen LogP contribution is -2.37. The van der Waals surface area contributed by atoms with Gasteiger partial charge in [-0.15, -0.1) is 0 Å². The zero-order chi connectivity index (χ0) is 12.0. The van der Waals surface area contributed by atoms with Gasteiger partial charge in [0.15, 0.2) is 0 Å². The van der Waals surface area contributed by atoms with Gasteiger partial charge in [0.05, 0.1) is 12.5 Å². The molecule has 1 aromatic carbocycles. The molecule has 0 radical (unpaired) electrons. The molecule has 0 aliphatic rings. The first-order valence-corrected chi connectivity index (χ1v) is 4.99. The molecule has 0 aliphatic carbocycles. The van der Waals surface area contributed by atoms with Crippen molar-refractivity contribution in [1.82, 2.24) is 4.90 Å². The van der Waals surface area contributed by atoms with E-state index in [0.29, 0.717) is 6.54 Å². The van der Waals surface area contributed by atoms with Gasteiger partial charge < -0.3 is 5.11 Å². The molecule has 0 bridgehead atoms. The third kappa shape index (κ3) is 3.37. The normalized spacial score (nSPS) is 12.1. The van der Waals surface area contributed by atoms with Crippen molar-refractivity contribution in [1.29, 1.82) is 5.26 Å². The molecule has 1 N–H and O–H groups in total. The van der Waals surface area contributed by atoms with E-state index >= 15 is 0 Å². The van der Waals surface area contributed by atoms with Crippen LogP contribution in [0.5, 0.6) is 0 Å². The van der Waals surface area contributed by atoms with E-state index in [1.165, 1.54) is 0 Å². The molecule has 1 atom stereocenters. The maximum absolute atomic E-state index is 10.9. The van der Waals surface area contributed by atoms with Crippen LogP contribution in [0, 0.1) is 11.3 Å². The Morgan fingerprint density at radius 2 is 2.12 bits per heavy atom. The molecule has 1 aromatic rings. The Morgan fingerprint density at radius 1 is 1.50 bits per heavy atom. The molecule has 4 heteroatoms. The maximum atomic E-state index is 10.9. The first-order valence-electron chi connectivity index (χ1n) is 4.99. The molecule has 0 amide bonds. The fraction of sp³-hybridized carbons (Fsp3) is 0.333. The summed E-state index contributed by atoms with van der Waals surface area (Å²) in [7, 11) is 1.71. The molecule has 0 saturated heterocycles. The molecule has 0 heterocycles. The van der Waals surface area contributed by atoms with Crippen LogP contribution in [0.4, 0.5) is 0 Å². The molecule has 0 aliphatic heterocycles. The Morgan fingerprint density at radius 3 is 2.62 bits per heavy atom. The summed E-state index contributed by atoms with van der Waals surface area (Å²) >= 11 is 0. The summed E-state index contributed by atoms with van der Waals surface area (Å²) in [5, 5.41) is 17.5. The highest BCUT2D eigenvalue weighted by Gasteiger charge is 2.21. The smallest absolute Gasteiger partial charge is 0.321 e. The Balaban J connectivity index is 2.66. The second-order valence-electron chi connectivity index (χ2n) is 3.62. The number of likely N-dealkylation sites (N-methyl/N-ethyl adjacent to an activating group) is 1. The van der Waals surface area contributed by atoms with Gasteiger partial charge in [0.25, 0.3) is 0 Å². The first-order chi connectivity index (χ1) is 7.65. The summed E-state index contributed by atoms with van der Waals surface area (Å²) < 4.78 is 0. The third-order valence-corrected chi connectivity index (χ3v) is 2.38. The molecular weight excluding hydrogens is 204 g/mol. The van der Waals surface area contributed by atoms with Crippen molar-refractivity contribution in [3.63, 3.8) is 0 Å². The van der Waals surface area contributed by atoms with Gasteiger partial charge in [-0.25, -0.2) is 0 Å². The number of nitriles is 1. The third-order valence-electron chi connectivity index (χ3n) is 2.38. The lowest BCUT2D eigenvalue weighted by molar-refractivity contribution is -0.142. The zero-order valence-electron chi connectivity index (χ0n) is 9.13. The number of hydrogen-bond acceptors (Lipinski definition) is 3. The number of aliphatic carboxylic acids is 1. The van der Waals surface area contributed by atoms with Crippen LogP contribution in [-0.2, 0) is 11.3 Å². The van der Waals surface area contributed by atoms with Crippen molar-refractivity contribution in [3.8, 4) is 6.07 Å².